The molecule has 0 spiro atoms. The zero-order valence-corrected chi connectivity index (χ0v) is 11.8. The topological polar surface area (TPSA) is 72.2 Å². The zero-order chi connectivity index (χ0) is 13.0. The maximum atomic E-state index is 12.4. The highest BCUT2D eigenvalue weighted by Gasteiger charge is 2.39. The Balaban J connectivity index is 1.91. The number of carbonyl (C=O) groups excluding carboxylic acids is 1. The fourth-order valence-corrected chi connectivity index (χ4v) is 4.33. The van der Waals surface area contributed by atoms with E-state index in [4.69, 9.17) is 5.73 Å². The molecule has 2 rings (SSSR count). The quantitative estimate of drug-likeness (QED) is 0.802. The second-order valence-corrected chi connectivity index (χ2v) is 7.34. The van der Waals surface area contributed by atoms with E-state index in [1.54, 1.807) is 0 Å². The van der Waals surface area contributed by atoms with Crippen molar-refractivity contribution < 1.29 is 9.00 Å². The molecule has 0 aromatic heterocycles. The van der Waals surface area contributed by atoms with Crippen LogP contribution in [-0.4, -0.2) is 34.2 Å². The summed E-state index contributed by atoms with van der Waals surface area (Å²) in [7, 11) is -0.669. The van der Waals surface area contributed by atoms with Crippen molar-refractivity contribution in [1.82, 2.24) is 5.32 Å². The highest BCUT2D eigenvalue weighted by molar-refractivity contribution is 7.85. The average molecular weight is 272 g/mol. The first kappa shape index (κ1) is 14.0. The fourth-order valence-electron chi connectivity index (χ4n) is 3.03. The second kappa shape index (κ2) is 6.15. The van der Waals surface area contributed by atoms with Crippen LogP contribution in [-0.2, 0) is 15.6 Å². The van der Waals surface area contributed by atoms with Gasteiger partial charge in [-0.15, -0.1) is 0 Å². The molecule has 0 bridgehead atoms. The van der Waals surface area contributed by atoms with Crippen molar-refractivity contribution >= 4 is 16.7 Å². The molecule has 1 aliphatic carbocycles. The molecule has 2 fully saturated rings. The summed E-state index contributed by atoms with van der Waals surface area (Å²) in [5.41, 5.74) is 5.53. The molecular weight excluding hydrogens is 248 g/mol. The predicted molar refractivity (Wildman–Crippen MR) is 73.6 cm³/mol. The first-order valence-electron chi connectivity index (χ1n) is 7.02. The largest absolute Gasteiger partial charge is 0.353 e. The van der Waals surface area contributed by atoms with Crippen LogP contribution in [0.3, 0.4) is 0 Å². The van der Waals surface area contributed by atoms with Gasteiger partial charge in [-0.1, -0.05) is 19.3 Å². The minimum absolute atomic E-state index is 0.141. The van der Waals surface area contributed by atoms with E-state index >= 15 is 0 Å². The highest BCUT2D eigenvalue weighted by Crippen LogP contribution is 2.35. The van der Waals surface area contributed by atoms with Gasteiger partial charge < -0.3 is 11.1 Å². The second-order valence-electron chi connectivity index (χ2n) is 5.64. The molecule has 0 aromatic carbocycles. The van der Waals surface area contributed by atoms with E-state index in [1.165, 1.54) is 6.42 Å². The number of hydrogen-bond donors (Lipinski definition) is 2. The van der Waals surface area contributed by atoms with Crippen molar-refractivity contribution in [3.05, 3.63) is 0 Å². The molecule has 5 heteroatoms. The number of carbonyl (C=O) groups is 1. The molecule has 1 heterocycles. The summed E-state index contributed by atoms with van der Waals surface area (Å²) in [6.07, 6.45) is 6.98. The minimum Gasteiger partial charge on any atom is -0.353 e. The summed E-state index contributed by atoms with van der Waals surface area (Å²) >= 11 is 0. The van der Waals surface area contributed by atoms with E-state index in [0.29, 0.717) is 6.54 Å². The lowest BCUT2D eigenvalue weighted by atomic mass is 9.73. The number of hydrogen-bond acceptors (Lipinski definition) is 3. The van der Waals surface area contributed by atoms with Crippen LogP contribution in [0.15, 0.2) is 0 Å². The standard InChI is InChI=1S/C13H24N2O2S/c14-10-13(6-2-1-3-7-13)12(16)15-11-4-8-18(17)9-5-11/h11H,1-10,14H2,(H,15,16). The van der Waals surface area contributed by atoms with Crippen molar-refractivity contribution in [2.24, 2.45) is 11.1 Å². The van der Waals surface area contributed by atoms with Crippen LogP contribution in [0.25, 0.3) is 0 Å². The van der Waals surface area contributed by atoms with Crippen LogP contribution in [0.1, 0.15) is 44.9 Å². The molecule has 1 saturated carbocycles. The van der Waals surface area contributed by atoms with E-state index in [0.717, 1.165) is 50.0 Å². The van der Waals surface area contributed by atoms with E-state index in [9.17, 15) is 9.00 Å². The molecule has 3 N–H and O–H groups in total. The molecule has 1 aliphatic heterocycles. The van der Waals surface area contributed by atoms with Crippen molar-refractivity contribution in [2.75, 3.05) is 18.1 Å². The average Bonchev–Trinajstić information content (AvgIpc) is 2.42. The Bertz CT molecular complexity index is 317. The molecule has 1 saturated heterocycles. The van der Waals surface area contributed by atoms with Crippen molar-refractivity contribution in [3.8, 4) is 0 Å². The maximum absolute atomic E-state index is 12.4. The van der Waals surface area contributed by atoms with Crippen LogP contribution in [0.5, 0.6) is 0 Å². The third kappa shape index (κ3) is 3.12. The summed E-state index contributed by atoms with van der Waals surface area (Å²) in [6.45, 7) is 0.456. The summed E-state index contributed by atoms with van der Waals surface area (Å²) in [6, 6.07) is 0.209. The van der Waals surface area contributed by atoms with Gasteiger partial charge in [-0.3, -0.25) is 9.00 Å². The molecule has 0 unspecified atom stereocenters. The zero-order valence-electron chi connectivity index (χ0n) is 11.0. The van der Waals surface area contributed by atoms with Crippen molar-refractivity contribution in [2.45, 2.75) is 51.0 Å². The van der Waals surface area contributed by atoms with Crippen LogP contribution in [0.4, 0.5) is 0 Å². The van der Waals surface area contributed by atoms with Crippen LogP contribution in [0, 0.1) is 5.41 Å². The SMILES string of the molecule is NCC1(C(=O)NC2CCS(=O)CC2)CCCCC1. The van der Waals surface area contributed by atoms with E-state index in [1.807, 2.05) is 0 Å². The van der Waals surface area contributed by atoms with Crippen molar-refractivity contribution in [3.63, 3.8) is 0 Å². The summed E-state index contributed by atoms with van der Waals surface area (Å²) in [5, 5.41) is 3.15. The Morgan fingerprint density at radius 3 is 2.39 bits per heavy atom. The lowest BCUT2D eigenvalue weighted by Crippen LogP contribution is -2.51. The fraction of sp³-hybridized carbons (Fsp3) is 0.923. The Morgan fingerprint density at radius 2 is 1.83 bits per heavy atom. The van der Waals surface area contributed by atoms with Gasteiger partial charge in [-0.2, -0.15) is 0 Å². The molecular formula is C13H24N2O2S. The molecule has 18 heavy (non-hydrogen) atoms. The van der Waals surface area contributed by atoms with Gasteiger partial charge in [0.05, 0.1) is 5.41 Å². The molecule has 2 aliphatic rings. The molecule has 0 radical (unpaired) electrons. The normalized spacial score (nSPS) is 31.8. The van der Waals surface area contributed by atoms with Crippen molar-refractivity contribution in [1.29, 1.82) is 0 Å². The van der Waals surface area contributed by atoms with E-state index in [2.05, 4.69) is 5.32 Å². The van der Waals surface area contributed by atoms with E-state index < -0.39 is 10.8 Å². The number of rotatable bonds is 3. The summed E-state index contributed by atoms with van der Waals surface area (Å²) in [5.74, 6) is 1.59. The van der Waals surface area contributed by atoms with Crippen LogP contribution in [0.2, 0.25) is 0 Å². The Kier molecular flexibility index (Phi) is 4.78. The van der Waals surface area contributed by atoms with Gasteiger partial charge in [0.15, 0.2) is 0 Å². The Morgan fingerprint density at radius 1 is 1.22 bits per heavy atom. The third-order valence-electron chi connectivity index (χ3n) is 4.41. The summed E-state index contributed by atoms with van der Waals surface area (Å²) < 4.78 is 11.3. The Labute approximate surface area is 112 Å². The number of amides is 1. The first-order chi connectivity index (χ1) is 8.66. The first-order valence-corrected chi connectivity index (χ1v) is 8.51. The van der Waals surface area contributed by atoms with Gasteiger partial charge >= 0.3 is 0 Å². The van der Waals surface area contributed by atoms with Crippen LogP contribution >= 0.6 is 0 Å². The lowest BCUT2D eigenvalue weighted by molar-refractivity contribution is -0.133. The smallest absolute Gasteiger partial charge is 0.227 e. The molecule has 104 valence electrons. The molecule has 1 amide bonds. The van der Waals surface area contributed by atoms with Gasteiger partial charge in [-0.05, 0) is 25.7 Å². The minimum atomic E-state index is -0.669. The van der Waals surface area contributed by atoms with Gasteiger partial charge in [0.1, 0.15) is 0 Å². The van der Waals surface area contributed by atoms with Gasteiger partial charge in [-0.25, -0.2) is 0 Å². The lowest BCUT2D eigenvalue weighted by Gasteiger charge is -2.36. The molecule has 0 atom stereocenters. The van der Waals surface area contributed by atoms with E-state index in [-0.39, 0.29) is 17.4 Å². The van der Waals surface area contributed by atoms with Gasteiger partial charge in [0, 0.05) is 34.9 Å². The van der Waals surface area contributed by atoms with Crippen LogP contribution < -0.4 is 11.1 Å². The van der Waals surface area contributed by atoms with Gasteiger partial charge in [0.25, 0.3) is 0 Å². The molecule has 4 nitrogen and oxygen atoms in total. The Hall–Kier alpha value is -0.420. The predicted octanol–water partition coefficient (Wildman–Crippen LogP) is 0.923. The van der Waals surface area contributed by atoms with Gasteiger partial charge in [0.2, 0.25) is 5.91 Å². The number of nitrogens with one attached hydrogen (secondary N) is 1. The third-order valence-corrected chi connectivity index (χ3v) is 5.79. The monoisotopic (exact) mass is 272 g/mol. The highest BCUT2D eigenvalue weighted by atomic mass is 32.2. The maximum Gasteiger partial charge on any atom is 0.227 e. The number of nitrogens with two attached hydrogens (primary N) is 1. The molecule has 0 aromatic rings. The summed E-state index contributed by atoms with van der Waals surface area (Å²) in [4.78, 5) is 12.4.